The number of carbonyl (C=O) groups is 2. The van der Waals surface area contributed by atoms with Crippen molar-refractivity contribution in [2.24, 2.45) is 5.92 Å². The van der Waals surface area contributed by atoms with Crippen LogP contribution in [0.15, 0.2) is 18.2 Å². The molecule has 0 radical (unpaired) electrons. The summed E-state index contributed by atoms with van der Waals surface area (Å²) in [5, 5.41) is 12.0. The molecule has 0 bridgehead atoms. The maximum atomic E-state index is 12.2. The topological polar surface area (TPSA) is 78.9 Å². The van der Waals surface area contributed by atoms with Gasteiger partial charge in [0.25, 0.3) is 0 Å². The molecule has 2 aliphatic heterocycles. The fraction of sp³-hybridized carbons (Fsp3) is 0.429. The molecule has 1 amide bonds. The van der Waals surface area contributed by atoms with Gasteiger partial charge in [-0.25, -0.2) is 4.79 Å². The molecular formula is C14H16N2O4. The van der Waals surface area contributed by atoms with Crippen molar-refractivity contribution in [1.29, 1.82) is 0 Å². The van der Waals surface area contributed by atoms with Crippen LogP contribution < -0.4 is 10.2 Å². The minimum Gasteiger partial charge on any atom is -0.478 e. The molecule has 0 aromatic heterocycles. The molecule has 1 saturated heterocycles. The summed E-state index contributed by atoms with van der Waals surface area (Å²) in [4.78, 5) is 25.4. The molecule has 2 aliphatic rings. The van der Waals surface area contributed by atoms with E-state index in [9.17, 15) is 9.59 Å². The van der Waals surface area contributed by atoms with Crippen molar-refractivity contribution >= 4 is 23.3 Å². The molecule has 6 heteroatoms. The predicted octanol–water partition coefficient (Wildman–Crippen LogP) is 1.18. The van der Waals surface area contributed by atoms with Gasteiger partial charge in [-0.1, -0.05) is 0 Å². The predicted molar refractivity (Wildman–Crippen MR) is 73.1 cm³/mol. The summed E-state index contributed by atoms with van der Waals surface area (Å²) in [5.41, 5.74) is 1.63. The molecule has 1 aromatic carbocycles. The van der Waals surface area contributed by atoms with Crippen molar-refractivity contribution < 1.29 is 19.4 Å². The molecule has 1 fully saturated rings. The van der Waals surface area contributed by atoms with Crippen molar-refractivity contribution in [1.82, 2.24) is 0 Å². The number of nitrogens with one attached hydrogen (secondary N) is 1. The van der Waals surface area contributed by atoms with Crippen molar-refractivity contribution in [2.75, 3.05) is 30.0 Å². The van der Waals surface area contributed by atoms with Crippen LogP contribution in [0, 0.1) is 5.92 Å². The highest BCUT2D eigenvalue weighted by Crippen LogP contribution is 2.36. The molecule has 2 heterocycles. The SMILES string of the molecule is CCN1c2cc(C(=O)O)ccc2NC(=O)C2COCC21. The monoisotopic (exact) mass is 276 g/mol. The van der Waals surface area contributed by atoms with Crippen LogP contribution in [0.25, 0.3) is 0 Å². The van der Waals surface area contributed by atoms with Gasteiger partial charge in [0.05, 0.1) is 42.1 Å². The second kappa shape index (κ2) is 4.79. The van der Waals surface area contributed by atoms with Crippen molar-refractivity contribution in [2.45, 2.75) is 13.0 Å². The fourth-order valence-electron chi connectivity index (χ4n) is 2.92. The average Bonchev–Trinajstić information content (AvgIpc) is 2.86. The molecule has 0 aliphatic carbocycles. The zero-order chi connectivity index (χ0) is 14.3. The number of hydrogen-bond acceptors (Lipinski definition) is 4. The third-order valence-corrected chi connectivity index (χ3v) is 3.94. The number of carbonyl (C=O) groups excluding carboxylic acids is 1. The number of amides is 1. The van der Waals surface area contributed by atoms with Gasteiger partial charge in [-0.05, 0) is 25.1 Å². The second-order valence-electron chi connectivity index (χ2n) is 5.02. The van der Waals surface area contributed by atoms with Crippen LogP contribution in [0.2, 0.25) is 0 Å². The number of ether oxygens (including phenoxy) is 1. The summed E-state index contributed by atoms with van der Waals surface area (Å²) >= 11 is 0. The van der Waals surface area contributed by atoms with E-state index < -0.39 is 5.97 Å². The Hall–Kier alpha value is -2.08. The zero-order valence-electron chi connectivity index (χ0n) is 11.1. The van der Waals surface area contributed by atoms with E-state index >= 15 is 0 Å². The molecule has 2 atom stereocenters. The number of fused-ring (bicyclic) bond motifs is 2. The van der Waals surface area contributed by atoms with E-state index in [1.165, 1.54) is 6.07 Å². The van der Waals surface area contributed by atoms with Gasteiger partial charge >= 0.3 is 5.97 Å². The van der Waals surface area contributed by atoms with E-state index in [4.69, 9.17) is 9.84 Å². The van der Waals surface area contributed by atoms with E-state index in [-0.39, 0.29) is 23.4 Å². The molecule has 0 saturated carbocycles. The van der Waals surface area contributed by atoms with E-state index in [1.807, 2.05) is 6.92 Å². The van der Waals surface area contributed by atoms with E-state index in [1.54, 1.807) is 12.1 Å². The Balaban J connectivity index is 2.10. The number of anilines is 2. The van der Waals surface area contributed by atoms with Gasteiger partial charge in [-0.3, -0.25) is 4.79 Å². The Morgan fingerprint density at radius 2 is 2.30 bits per heavy atom. The number of aromatic carboxylic acids is 1. The summed E-state index contributed by atoms with van der Waals surface area (Å²) in [6, 6.07) is 4.74. The van der Waals surface area contributed by atoms with Crippen LogP contribution in [-0.4, -0.2) is 42.8 Å². The summed E-state index contributed by atoms with van der Waals surface area (Å²) in [6.45, 7) is 3.58. The Labute approximate surface area is 116 Å². The highest BCUT2D eigenvalue weighted by Gasteiger charge is 2.40. The summed E-state index contributed by atoms with van der Waals surface area (Å²) < 4.78 is 5.42. The number of carboxylic acid groups (broad SMARTS) is 1. The molecule has 1 aromatic rings. The minimum atomic E-state index is -0.973. The van der Waals surface area contributed by atoms with Crippen LogP contribution in [-0.2, 0) is 9.53 Å². The van der Waals surface area contributed by atoms with Crippen LogP contribution in [0.4, 0.5) is 11.4 Å². The fourth-order valence-corrected chi connectivity index (χ4v) is 2.92. The first-order chi connectivity index (χ1) is 9.61. The quantitative estimate of drug-likeness (QED) is 0.848. The highest BCUT2D eigenvalue weighted by molar-refractivity contribution is 6.00. The lowest BCUT2D eigenvalue weighted by Crippen LogP contribution is -2.42. The number of likely N-dealkylation sites (N-methyl/N-ethyl adjacent to an activating group) is 1. The smallest absolute Gasteiger partial charge is 0.335 e. The van der Waals surface area contributed by atoms with Crippen molar-refractivity contribution in [3.63, 3.8) is 0 Å². The molecule has 6 nitrogen and oxygen atoms in total. The largest absolute Gasteiger partial charge is 0.478 e. The van der Waals surface area contributed by atoms with Crippen molar-refractivity contribution in [3.8, 4) is 0 Å². The van der Waals surface area contributed by atoms with Gasteiger partial charge in [0, 0.05) is 6.54 Å². The van der Waals surface area contributed by atoms with Crippen LogP contribution in [0.5, 0.6) is 0 Å². The Morgan fingerprint density at radius 1 is 1.50 bits per heavy atom. The first-order valence-corrected chi connectivity index (χ1v) is 6.64. The molecular weight excluding hydrogens is 260 g/mol. The third-order valence-electron chi connectivity index (χ3n) is 3.94. The van der Waals surface area contributed by atoms with E-state index in [0.29, 0.717) is 25.4 Å². The van der Waals surface area contributed by atoms with Gasteiger partial charge in [0.2, 0.25) is 5.91 Å². The molecule has 20 heavy (non-hydrogen) atoms. The standard InChI is InChI=1S/C14H16N2O4/c1-2-16-11-5-8(14(18)19)3-4-10(11)15-13(17)9-6-20-7-12(9)16/h3-5,9,12H,2,6-7H2,1H3,(H,15,17)(H,18,19). The van der Waals surface area contributed by atoms with E-state index in [0.717, 1.165) is 5.69 Å². The van der Waals surface area contributed by atoms with E-state index in [2.05, 4.69) is 10.2 Å². The maximum absolute atomic E-state index is 12.2. The van der Waals surface area contributed by atoms with Crippen LogP contribution in [0.1, 0.15) is 17.3 Å². The molecule has 2 unspecified atom stereocenters. The molecule has 2 N–H and O–H groups in total. The number of carboxylic acids is 1. The highest BCUT2D eigenvalue weighted by atomic mass is 16.5. The molecule has 3 rings (SSSR count). The lowest BCUT2D eigenvalue weighted by molar-refractivity contribution is -0.120. The Kier molecular flexibility index (Phi) is 3.10. The van der Waals surface area contributed by atoms with Gasteiger partial charge in [-0.2, -0.15) is 0 Å². The summed E-state index contributed by atoms with van der Waals surface area (Å²) in [7, 11) is 0. The van der Waals surface area contributed by atoms with Gasteiger partial charge in [0.15, 0.2) is 0 Å². The van der Waals surface area contributed by atoms with Gasteiger partial charge in [0.1, 0.15) is 0 Å². The minimum absolute atomic E-state index is 0.0368. The van der Waals surface area contributed by atoms with Gasteiger partial charge in [-0.15, -0.1) is 0 Å². The normalized spacial score (nSPS) is 24.6. The van der Waals surface area contributed by atoms with Crippen LogP contribution in [0.3, 0.4) is 0 Å². The first-order valence-electron chi connectivity index (χ1n) is 6.64. The summed E-state index contributed by atoms with van der Waals surface area (Å²) in [6.07, 6.45) is 0. The number of hydrogen-bond donors (Lipinski definition) is 2. The molecule has 0 spiro atoms. The zero-order valence-corrected chi connectivity index (χ0v) is 11.1. The maximum Gasteiger partial charge on any atom is 0.335 e. The number of nitrogens with zero attached hydrogens (tertiary/aromatic N) is 1. The third kappa shape index (κ3) is 1.92. The summed E-state index contributed by atoms with van der Waals surface area (Å²) in [5.74, 6) is -1.25. The number of benzene rings is 1. The van der Waals surface area contributed by atoms with Crippen molar-refractivity contribution in [3.05, 3.63) is 23.8 Å². The second-order valence-corrected chi connectivity index (χ2v) is 5.02. The lowest BCUT2D eigenvalue weighted by atomic mass is 10.0. The number of rotatable bonds is 2. The lowest BCUT2D eigenvalue weighted by Gasteiger charge is -2.30. The first kappa shape index (κ1) is 12.9. The van der Waals surface area contributed by atoms with Gasteiger partial charge < -0.3 is 20.1 Å². The average molecular weight is 276 g/mol. The molecule has 106 valence electrons. The van der Waals surface area contributed by atoms with Crippen LogP contribution >= 0.6 is 0 Å². The Morgan fingerprint density at radius 3 is 3.00 bits per heavy atom. The Bertz CT molecular complexity index is 572.